The molecule has 0 bridgehead atoms. The van der Waals surface area contributed by atoms with E-state index in [4.69, 9.17) is 21.1 Å². The molecule has 4 rings (SSSR count). The number of fused-ring (bicyclic) bond motifs is 1. The fraction of sp³-hybridized carbons (Fsp3) is 0.478. The van der Waals surface area contributed by atoms with Crippen molar-refractivity contribution in [2.75, 3.05) is 44.2 Å². The molecule has 2 aliphatic rings. The highest BCUT2D eigenvalue weighted by molar-refractivity contribution is 9.10. The van der Waals surface area contributed by atoms with Crippen LogP contribution >= 0.6 is 27.5 Å². The van der Waals surface area contributed by atoms with Crippen LogP contribution in [-0.4, -0.2) is 49.8 Å². The molecule has 0 aliphatic carbocycles. The Hall–Kier alpha value is -1.50. The van der Waals surface area contributed by atoms with Crippen molar-refractivity contribution in [3.8, 4) is 11.5 Å². The van der Waals surface area contributed by atoms with Crippen LogP contribution in [0.5, 0.6) is 11.5 Å². The van der Waals surface area contributed by atoms with Crippen molar-refractivity contribution in [3.63, 3.8) is 0 Å². The number of rotatable bonds is 6. The van der Waals surface area contributed by atoms with E-state index in [1.54, 1.807) is 6.07 Å². The van der Waals surface area contributed by atoms with E-state index in [1.165, 1.54) is 17.7 Å². The Morgan fingerprint density at radius 2 is 1.93 bits per heavy atom. The average molecular weight is 498 g/mol. The van der Waals surface area contributed by atoms with Crippen LogP contribution in [0.1, 0.15) is 25.8 Å². The maximum absolute atomic E-state index is 13.2. The molecule has 0 radical (unpaired) electrons. The molecule has 7 heteroatoms. The Morgan fingerprint density at radius 3 is 2.67 bits per heavy atom. The molecule has 0 aromatic heterocycles. The monoisotopic (exact) mass is 496 g/mol. The number of benzene rings is 2. The molecule has 162 valence electrons. The lowest BCUT2D eigenvalue weighted by molar-refractivity contribution is 0.138. The van der Waals surface area contributed by atoms with Gasteiger partial charge in [-0.3, -0.25) is 4.90 Å². The molecular formula is C23H27BrClFN2O2. The van der Waals surface area contributed by atoms with Crippen molar-refractivity contribution in [2.24, 2.45) is 0 Å². The molecule has 0 unspecified atom stereocenters. The molecule has 0 amide bonds. The number of hydrogen-bond donors (Lipinski definition) is 0. The van der Waals surface area contributed by atoms with Gasteiger partial charge in [-0.1, -0.05) is 11.6 Å². The van der Waals surface area contributed by atoms with Gasteiger partial charge in [0.1, 0.15) is 22.9 Å². The minimum atomic E-state index is -0.272. The highest BCUT2D eigenvalue weighted by Gasteiger charge is 2.34. The van der Waals surface area contributed by atoms with E-state index < -0.39 is 0 Å². The largest absolute Gasteiger partial charge is 0.492 e. The lowest BCUT2D eigenvalue weighted by Gasteiger charge is -2.37. The van der Waals surface area contributed by atoms with Crippen LogP contribution in [0, 0.1) is 5.82 Å². The summed E-state index contributed by atoms with van der Waals surface area (Å²) < 4.78 is 25.8. The smallest absolute Gasteiger partial charge is 0.146 e. The number of piperazine rings is 1. The van der Waals surface area contributed by atoms with E-state index in [-0.39, 0.29) is 11.4 Å². The summed E-state index contributed by atoms with van der Waals surface area (Å²) >= 11 is 9.73. The minimum absolute atomic E-state index is 0.177. The SMILES string of the molecule is CC1(C)Cc2cc(Cl)cc(N3CCN(CCCOc4ccc(F)cc4Br)CC3)c2O1. The predicted octanol–water partition coefficient (Wildman–Crippen LogP) is 5.55. The number of ether oxygens (including phenoxy) is 2. The van der Waals surface area contributed by atoms with Crippen molar-refractivity contribution in [2.45, 2.75) is 32.3 Å². The van der Waals surface area contributed by atoms with Gasteiger partial charge in [-0.2, -0.15) is 0 Å². The fourth-order valence-corrected chi connectivity index (χ4v) is 4.86. The van der Waals surface area contributed by atoms with E-state index in [9.17, 15) is 4.39 Å². The quantitative estimate of drug-likeness (QED) is 0.489. The zero-order valence-corrected chi connectivity index (χ0v) is 19.7. The molecule has 2 heterocycles. The molecule has 0 spiro atoms. The normalized spacial score (nSPS) is 18.2. The molecule has 2 aliphatic heterocycles. The zero-order chi connectivity index (χ0) is 21.3. The first-order valence-corrected chi connectivity index (χ1v) is 11.5. The predicted molar refractivity (Wildman–Crippen MR) is 123 cm³/mol. The van der Waals surface area contributed by atoms with E-state index >= 15 is 0 Å². The molecular weight excluding hydrogens is 471 g/mol. The van der Waals surface area contributed by atoms with Gasteiger partial charge in [0.15, 0.2) is 0 Å². The number of nitrogens with zero attached hydrogens (tertiary/aromatic N) is 2. The van der Waals surface area contributed by atoms with Crippen molar-refractivity contribution >= 4 is 33.2 Å². The van der Waals surface area contributed by atoms with E-state index in [0.717, 1.165) is 62.0 Å². The number of hydrogen-bond acceptors (Lipinski definition) is 4. The first-order chi connectivity index (χ1) is 14.3. The first-order valence-electron chi connectivity index (χ1n) is 10.4. The molecule has 2 aromatic rings. The van der Waals surface area contributed by atoms with Crippen LogP contribution in [0.4, 0.5) is 10.1 Å². The Morgan fingerprint density at radius 1 is 1.17 bits per heavy atom. The summed E-state index contributed by atoms with van der Waals surface area (Å²) in [7, 11) is 0. The third-order valence-corrected chi connectivity index (χ3v) is 6.43. The van der Waals surface area contributed by atoms with E-state index in [0.29, 0.717) is 16.8 Å². The van der Waals surface area contributed by atoms with Gasteiger partial charge in [0.25, 0.3) is 0 Å². The first kappa shape index (κ1) is 21.7. The molecule has 2 aromatic carbocycles. The fourth-order valence-electron chi connectivity index (χ4n) is 4.16. The lowest BCUT2D eigenvalue weighted by Crippen LogP contribution is -2.47. The van der Waals surface area contributed by atoms with Crippen LogP contribution in [0.25, 0.3) is 0 Å². The highest BCUT2D eigenvalue weighted by Crippen LogP contribution is 2.44. The van der Waals surface area contributed by atoms with Crippen molar-refractivity contribution < 1.29 is 13.9 Å². The lowest BCUT2D eigenvalue weighted by atomic mass is 10.0. The third-order valence-electron chi connectivity index (χ3n) is 5.59. The van der Waals surface area contributed by atoms with Crippen LogP contribution in [0.15, 0.2) is 34.8 Å². The van der Waals surface area contributed by atoms with Gasteiger partial charge in [0, 0.05) is 49.7 Å². The maximum Gasteiger partial charge on any atom is 0.146 e. The van der Waals surface area contributed by atoms with Crippen LogP contribution in [0.3, 0.4) is 0 Å². The van der Waals surface area contributed by atoms with Crippen LogP contribution in [0.2, 0.25) is 5.02 Å². The summed E-state index contributed by atoms with van der Waals surface area (Å²) in [5.74, 6) is 1.40. The van der Waals surface area contributed by atoms with E-state index in [2.05, 4.69) is 39.6 Å². The van der Waals surface area contributed by atoms with Crippen LogP contribution < -0.4 is 14.4 Å². The molecule has 4 nitrogen and oxygen atoms in total. The van der Waals surface area contributed by atoms with Gasteiger partial charge in [0.05, 0.1) is 16.8 Å². The highest BCUT2D eigenvalue weighted by atomic mass is 79.9. The van der Waals surface area contributed by atoms with Crippen LogP contribution in [-0.2, 0) is 6.42 Å². The van der Waals surface area contributed by atoms with Crippen molar-refractivity contribution in [1.29, 1.82) is 0 Å². The summed E-state index contributed by atoms with van der Waals surface area (Å²) in [6, 6.07) is 8.56. The second-order valence-electron chi connectivity index (χ2n) is 8.56. The van der Waals surface area contributed by atoms with Gasteiger partial charge in [-0.25, -0.2) is 4.39 Å². The summed E-state index contributed by atoms with van der Waals surface area (Å²) in [5, 5.41) is 0.775. The molecule has 1 fully saturated rings. The van der Waals surface area contributed by atoms with E-state index in [1.807, 2.05) is 12.1 Å². The number of halogens is 3. The van der Waals surface area contributed by atoms with Gasteiger partial charge in [-0.15, -0.1) is 0 Å². The summed E-state index contributed by atoms with van der Waals surface area (Å²) in [5.41, 5.74) is 2.14. The Balaban J connectivity index is 1.27. The Labute approximate surface area is 191 Å². The van der Waals surface area contributed by atoms with Crippen molar-refractivity contribution in [3.05, 3.63) is 51.2 Å². The standard InChI is InChI=1S/C23H27BrClFN2O2/c1-23(2)15-16-12-17(25)13-20(22(16)30-23)28-9-7-27(8-10-28)6-3-11-29-21-5-4-18(26)14-19(21)24/h4-5,12-14H,3,6-11,15H2,1-2H3. The van der Waals surface area contributed by atoms with Gasteiger partial charge < -0.3 is 14.4 Å². The summed E-state index contributed by atoms with van der Waals surface area (Å²) in [6.45, 7) is 9.70. The van der Waals surface area contributed by atoms with Gasteiger partial charge in [-0.05, 0) is 66.5 Å². The Kier molecular flexibility index (Phi) is 6.47. The second-order valence-corrected chi connectivity index (χ2v) is 9.85. The molecule has 1 saturated heterocycles. The second kappa shape index (κ2) is 8.93. The number of anilines is 1. The van der Waals surface area contributed by atoms with Gasteiger partial charge in [0.2, 0.25) is 0 Å². The average Bonchev–Trinajstić information content (AvgIpc) is 3.00. The minimum Gasteiger partial charge on any atom is -0.492 e. The zero-order valence-electron chi connectivity index (χ0n) is 17.4. The van der Waals surface area contributed by atoms with Crippen molar-refractivity contribution in [1.82, 2.24) is 4.90 Å². The topological polar surface area (TPSA) is 24.9 Å². The maximum atomic E-state index is 13.2. The molecule has 0 N–H and O–H groups in total. The molecule has 0 atom stereocenters. The molecule has 0 saturated carbocycles. The summed E-state index contributed by atoms with van der Waals surface area (Å²) in [6.07, 6.45) is 1.81. The third kappa shape index (κ3) is 5.04. The summed E-state index contributed by atoms with van der Waals surface area (Å²) in [4.78, 5) is 4.84. The molecule has 30 heavy (non-hydrogen) atoms. The van der Waals surface area contributed by atoms with Gasteiger partial charge >= 0.3 is 0 Å². The Bertz CT molecular complexity index is 916.